The molecule has 2 atom stereocenters. The lowest BCUT2D eigenvalue weighted by Gasteiger charge is -2.38. The molecule has 2 aliphatic heterocycles. The molecule has 2 unspecified atom stereocenters. The van der Waals surface area contributed by atoms with E-state index >= 15 is 0 Å². The SMILES string of the molecule is O=C(CCCOCc1ccccc1)N1CCC(N2C(=O)OC3Cc4ccccc4C32)CC1. The fourth-order valence-corrected chi connectivity index (χ4v) is 5.29. The number of ether oxygens (including phenoxy) is 2. The Balaban J connectivity index is 1.08. The van der Waals surface area contributed by atoms with E-state index in [1.807, 2.05) is 52.3 Å². The van der Waals surface area contributed by atoms with Crippen LogP contribution in [0.3, 0.4) is 0 Å². The van der Waals surface area contributed by atoms with Crippen molar-refractivity contribution in [2.45, 2.75) is 56.9 Å². The monoisotopic (exact) mass is 434 g/mol. The Hall–Kier alpha value is -2.86. The summed E-state index contributed by atoms with van der Waals surface area (Å²) in [7, 11) is 0. The van der Waals surface area contributed by atoms with Gasteiger partial charge in [-0.05, 0) is 36.0 Å². The van der Waals surface area contributed by atoms with Gasteiger partial charge in [0.05, 0.1) is 12.6 Å². The highest BCUT2D eigenvalue weighted by atomic mass is 16.6. The van der Waals surface area contributed by atoms with Gasteiger partial charge in [0, 0.05) is 38.6 Å². The van der Waals surface area contributed by atoms with E-state index in [1.165, 1.54) is 11.1 Å². The summed E-state index contributed by atoms with van der Waals surface area (Å²) in [5.41, 5.74) is 3.65. The highest BCUT2D eigenvalue weighted by molar-refractivity contribution is 5.76. The number of hydrogen-bond acceptors (Lipinski definition) is 4. The number of nitrogens with zero attached hydrogens (tertiary/aromatic N) is 2. The molecule has 32 heavy (non-hydrogen) atoms. The smallest absolute Gasteiger partial charge is 0.411 e. The van der Waals surface area contributed by atoms with Crippen LogP contribution in [0.2, 0.25) is 0 Å². The van der Waals surface area contributed by atoms with Crippen molar-refractivity contribution in [2.75, 3.05) is 19.7 Å². The average molecular weight is 435 g/mol. The van der Waals surface area contributed by atoms with Crippen LogP contribution in [0, 0.1) is 0 Å². The van der Waals surface area contributed by atoms with Gasteiger partial charge in [-0.2, -0.15) is 0 Å². The average Bonchev–Trinajstić information content (AvgIpc) is 3.33. The van der Waals surface area contributed by atoms with Crippen LogP contribution < -0.4 is 0 Å². The van der Waals surface area contributed by atoms with Crippen LogP contribution in [-0.4, -0.2) is 53.6 Å². The van der Waals surface area contributed by atoms with Gasteiger partial charge in [-0.1, -0.05) is 54.6 Å². The van der Waals surface area contributed by atoms with E-state index in [0.29, 0.717) is 32.7 Å². The van der Waals surface area contributed by atoms with Gasteiger partial charge in [-0.25, -0.2) is 4.79 Å². The van der Waals surface area contributed by atoms with E-state index in [4.69, 9.17) is 9.47 Å². The molecule has 0 N–H and O–H groups in total. The maximum Gasteiger partial charge on any atom is 0.411 e. The fraction of sp³-hybridized carbons (Fsp3) is 0.462. The van der Waals surface area contributed by atoms with Crippen molar-refractivity contribution < 1.29 is 19.1 Å². The molecule has 2 aromatic rings. The highest BCUT2D eigenvalue weighted by Crippen LogP contribution is 2.44. The molecule has 0 spiro atoms. The molecule has 5 rings (SSSR count). The topological polar surface area (TPSA) is 59.1 Å². The lowest BCUT2D eigenvalue weighted by molar-refractivity contribution is -0.133. The Morgan fingerprint density at radius 1 is 1.03 bits per heavy atom. The van der Waals surface area contributed by atoms with E-state index in [-0.39, 0.29) is 30.2 Å². The molecule has 0 bridgehead atoms. The van der Waals surface area contributed by atoms with Crippen molar-refractivity contribution in [3.63, 3.8) is 0 Å². The van der Waals surface area contributed by atoms with E-state index in [9.17, 15) is 9.59 Å². The summed E-state index contributed by atoms with van der Waals surface area (Å²) in [5.74, 6) is 0.180. The molecular formula is C26H30N2O4. The number of piperidine rings is 1. The first kappa shape index (κ1) is 21.0. The van der Waals surface area contributed by atoms with E-state index in [2.05, 4.69) is 12.1 Å². The maximum absolute atomic E-state index is 12.6. The third kappa shape index (κ3) is 4.24. The van der Waals surface area contributed by atoms with Gasteiger partial charge in [0.1, 0.15) is 6.10 Å². The fourth-order valence-electron chi connectivity index (χ4n) is 5.29. The molecule has 168 valence electrons. The number of likely N-dealkylation sites (tertiary alicyclic amines) is 1. The first-order valence-corrected chi connectivity index (χ1v) is 11.7. The Labute approximate surface area is 189 Å². The number of fused-ring (bicyclic) bond motifs is 3. The minimum absolute atomic E-state index is 0.0210. The number of rotatable bonds is 7. The van der Waals surface area contributed by atoms with Gasteiger partial charge in [-0.15, -0.1) is 0 Å². The normalized spacial score (nSPS) is 22.6. The van der Waals surface area contributed by atoms with E-state index in [0.717, 1.165) is 31.2 Å². The number of hydrogen-bond donors (Lipinski definition) is 0. The molecule has 2 heterocycles. The van der Waals surface area contributed by atoms with E-state index < -0.39 is 0 Å². The number of carbonyl (C=O) groups is 2. The third-order valence-corrected chi connectivity index (χ3v) is 6.91. The van der Waals surface area contributed by atoms with Gasteiger partial charge in [0.15, 0.2) is 0 Å². The largest absolute Gasteiger partial charge is 0.443 e. The molecular weight excluding hydrogens is 404 g/mol. The van der Waals surface area contributed by atoms with Crippen LogP contribution in [0.25, 0.3) is 0 Å². The molecule has 3 aliphatic rings. The molecule has 2 amide bonds. The molecule has 0 radical (unpaired) electrons. The van der Waals surface area contributed by atoms with Crippen LogP contribution in [-0.2, 0) is 27.3 Å². The molecule has 6 nitrogen and oxygen atoms in total. The predicted molar refractivity (Wildman–Crippen MR) is 120 cm³/mol. The zero-order chi connectivity index (χ0) is 21.9. The second kappa shape index (κ2) is 9.33. The lowest BCUT2D eigenvalue weighted by atomic mass is 9.99. The van der Waals surface area contributed by atoms with Crippen molar-refractivity contribution >= 4 is 12.0 Å². The van der Waals surface area contributed by atoms with Crippen molar-refractivity contribution in [1.29, 1.82) is 0 Å². The summed E-state index contributed by atoms with van der Waals surface area (Å²) < 4.78 is 11.4. The number of carbonyl (C=O) groups excluding carboxylic acids is 2. The van der Waals surface area contributed by atoms with Crippen LogP contribution in [0.1, 0.15) is 48.4 Å². The second-order valence-electron chi connectivity index (χ2n) is 8.93. The lowest BCUT2D eigenvalue weighted by Crippen LogP contribution is -2.47. The van der Waals surface area contributed by atoms with Crippen LogP contribution in [0.4, 0.5) is 4.79 Å². The van der Waals surface area contributed by atoms with Crippen LogP contribution in [0.15, 0.2) is 54.6 Å². The first-order chi connectivity index (χ1) is 15.7. The quantitative estimate of drug-likeness (QED) is 0.616. The predicted octanol–water partition coefficient (Wildman–Crippen LogP) is 4.09. The number of benzene rings is 2. The first-order valence-electron chi connectivity index (χ1n) is 11.7. The summed E-state index contributed by atoms with van der Waals surface area (Å²) in [5, 5.41) is 0. The minimum atomic E-state index is -0.199. The van der Waals surface area contributed by atoms with Crippen LogP contribution >= 0.6 is 0 Å². The Bertz CT molecular complexity index is 955. The highest BCUT2D eigenvalue weighted by Gasteiger charge is 2.50. The molecule has 6 heteroatoms. The maximum atomic E-state index is 12.6. The molecule has 2 fully saturated rings. The second-order valence-corrected chi connectivity index (χ2v) is 8.93. The van der Waals surface area contributed by atoms with E-state index in [1.54, 1.807) is 0 Å². The van der Waals surface area contributed by atoms with Gasteiger partial charge in [0.2, 0.25) is 5.91 Å². The van der Waals surface area contributed by atoms with Crippen molar-refractivity contribution in [3.8, 4) is 0 Å². The molecule has 2 aromatic carbocycles. The Morgan fingerprint density at radius 2 is 1.78 bits per heavy atom. The summed E-state index contributed by atoms with van der Waals surface area (Å²) in [6.45, 7) is 2.55. The summed E-state index contributed by atoms with van der Waals surface area (Å²) >= 11 is 0. The van der Waals surface area contributed by atoms with Gasteiger partial charge in [0.25, 0.3) is 0 Å². The molecule has 0 saturated carbocycles. The van der Waals surface area contributed by atoms with Crippen molar-refractivity contribution in [2.24, 2.45) is 0 Å². The van der Waals surface area contributed by atoms with Gasteiger partial charge < -0.3 is 14.4 Å². The summed E-state index contributed by atoms with van der Waals surface area (Å²) in [6.07, 6.45) is 3.36. The Morgan fingerprint density at radius 3 is 2.59 bits per heavy atom. The summed E-state index contributed by atoms with van der Waals surface area (Å²) in [4.78, 5) is 29.2. The van der Waals surface area contributed by atoms with Crippen molar-refractivity contribution in [1.82, 2.24) is 9.80 Å². The van der Waals surface area contributed by atoms with Crippen molar-refractivity contribution in [3.05, 3.63) is 71.3 Å². The molecule has 1 aliphatic carbocycles. The Kier molecular flexibility index (Phi) is 6.12. The standard InChI is InChI=1S/C26H30N2O4/c29-24(11-6-16-31-18-19-7-2-1-3-8-19)27-14-12-21(13-15-27)28-25-22-10-5-4-9-20(22)17-23(25)32-26(28)30/h1-5,7-10,21,23,25H,6,11-18H2. The minimum Gasteiger partial charge on any atom is -0.443 e. The third-order valence-electron chi connectivity index (χ3n) is 6.91. The molecule has 0 aromatic heterocycles. The van der Waals surface area contributed by atoms with Crippen LogP contribution in [0.5, 0.6) is 0 Å². The van der Waals surface area contributed by atoms with Gasteiger partial charge >= 0.3 is 6.09 Å². The van der Waals surface area contributed by atoms with Gasteiger partial charge in [-0.3, -0.25) is 9.69 Å². The number of amides is 2. The zero-order valence-electron chi connectivity index (χ0n) is 18.3. The summed E-state index contributed by atoms with van der Waals surface area (Å²) in [6, 6.07) is 18.5. The molecule has 2 saturated heterocycles. The zero-order valence-corrected chi connectivity index (χ0v) is 18.3.